The molecule has 1 N–H and O–H groups in total. The summed E-state index contributed by atoms with van der Waals surface area (Å²) >= 11 is 0. The molecule has 0 amide bonds. The standard InChI is InChI=1S/C18H29NO/c1-14-9-11-18(12-10-14,19(3)4)17(20)13-16-8-6-5-7-15(16)2/h5-8,14,17,20H,9-13H2,1-4H3. The second-order valence-electron chi connectivity index (χ2n) is 6.83. The zero-order valence-electron chi connectivity index (χ0n) is 13.4. The molecule has 0 bridgehead atoms. The second kappa shape index (κ2) is 6.28. The Morgan fingerprint density at radius 1 is 1.25 bits per heavy atom. The highest BCUT2D eigenvalue weighted by molar-refractivity contribution is 5.27. The van der Waals surface area contributed by atoms with E-state index in [0.717, 1.165) is 25.2 Å². The number of nitrogens with zero attached hydrogens (tertiary/aromatic N) is 1. The molecule has 1 aliphatic carbocycles. The van der Waals surface area contributed by atoms with Gasteiger partial charge in [-0.1, -0.05) is 31.2 Å². The average Bonchev–Trinajstić information content (AvgIpc) is 2.42. The van der Waals surface area contributed by atoms with Gasteiger partial charge in [0.1, 0.15) is 0 Å². The molecular formula is C18H29NO. The zero-order valence-corrected chi connectivity index (χ0v) is 13.4. The van der Waals surface area contributed by atoms with Crippen molar-refractivity contribution in [3.63, 3.8) is 0 Å². The van der Waals surface area contributed by atoms with E-state index in [1.165, 1.54) is 24.0 Å². The van der Waals surface area contributed by atoms with E-state index in [-0.39, 0.29) is 11.6 Å². The third kappa shape index (κ3) is 3.07. The summed E-state index contributed by atoms with van der Waals surface area (Å²) in [6.45, 7) is 4.46. The normalized spacial score (nSPS) is 28.6. The Bertz CT molecular complexity index is 433. The van der Waals surface area contributed by atoms with E-state index >= 15 is 0 Å². The van der Waals surface area contributed by atoms with Crippen LogP contribution in [0.3, 0.4) is 0 Å². The molecule has 1 saturated carbocycles. The third-order valence-corrected chi connectivity index (χ3v) is 5.33. The first kappa shape index (κ1) is 15.5. The van der Waals surface area contributed by atoms with Crippen LogP contribution in [0.4, 0.5) is 0 Å². The molecule has 1 unspecified atom stereocenters. The van der Waals surface area contributed by atoms with Crippen LogP contribution < -0.4 is 0 Å². The van der Waals surface area contributed by atoms with Gasteiger partial charge >= 0.3 is 0 Å². The van der Waals surface area contributed by atoms with Crippen molar-refractivity contribution in [3.8, 4) is 0 Å². The number of aryl methyl sites for hydroxylation is 1. The Morgan fingerprint density at radius 3 is 2.40 bits per heavy atom. The fourth-order valence-corrected chi connectivity index (χ4v) is 3.58. The minimum absolute atomic E-state index is 0.0468. The van der Waals surface area contributed by atoms with Gasteiger partial charge in [0.15, 0.2) is 0 Å². The van der Waals surface area contributed by atoms with Crippen LogP contribution in [-0.2, 0) is 6.42 Å². The summed E-state index contributed by atoms with van der Waals surface area (Å²) in [5, 5.41) is 10.9. The molecule has 2 rings (SSSR count). The van der Waals surface area contributed by atoms with Crippen molar-refractivity contribution in [2.75, 3.05) is 14.1 Å². The quantitative estimate of drug-likeness (QED) is 0.910. The summed E-state index contributed by atoms with van der Waals surface area (Å²) in [5.41, 5.74) is 2.51. The molecule has 0 heterocycles. The van der Waals surface area contributed by atoms with E-state index in [0.29, 0.717) is 0 Å². The third-order valence-electron chi connectivity index (χ3n) is 5.33. The number of benzene rings is 1. The van der Waals surface area contributed by atoms with Crippen LogP contribution in [0.1, 0.15) is 43.7 Å². The largest absolute Gasteiger partial charge is 0.391 e. The summed E-state index contributed by atoms with van der Waals surface area (Å²) < 4.78 is 0. The van der Waals surface area contributed by atoms with Crippen LogP contribution in [0.5, 0.6) is 0 Å². The Kier molecular flexibility index (Phi) is 4.87. The van der Waals surface area contributed by atoms with Gasteiger partial charge in [-0.3, -0.25) is 0 Å². The first-order chi connectivity index (χ1) is 9.45. The number of rotatable bonds is 4. The fraction of sp³-hybridized carbons (Fsp3) is 0.667. The first-order valence-corrected chi connectivity index (χ1v) is 7.86. The fourth-order valence-electron chi connectivity index (χ4n) is 3.58. The smallest absolute Gasteiger partial charge is 0.0763 e. The van der Waals surface area contributed by atoms with E-state index in [1.54, 1.807) is 0 Å². The van der Waals surface area contributed by atoms with Crippen LogP contribution in [0.15, 0.2) is 24.3 Å². The van der Waals surface area contributed by atoms with Crippen LogP contribution >= 0.6 is 0 Å². The summed E-state index contributed by atoms with van der Waals surface area (Å²) in [6, 6.07) is 8.41. The molecule has 1 atom stereocenters. The van der Waals surface area contributed by atoms with Gasteiger partial charge in [0.05, 0.1) is 6.10 Å². The topological polar surface area (TPSA) is 23.5 Å². The maximum Gasteiger partial charge on any atom is 0.0763 e. The second-order valence-corrected chi connectivity index (χ2v) is 6.83. The minimum Gasteiger partial charge on any atom is -0.391 e. The van der Waals surface area contributed by atoms with Crippen molar-refractivity contribution in [1.82, 2.24) is 4.90 Å². The average molecular weight is 275 g/mol. The zero-order chi connectivity index (χ0) is 14.8. The van der Waals surface area contributed by atoms with Gasteiger partial charge in [-0.15, -0.1) is 0 Å². The highest BCUT2D eigenvalue weighted by atomic mass is 16.3. The van der Waals surface area contributed by atoms with Crippen molar-refractivity contribution in [2.24, 2.45) is 5.92 Å². The molecule has 0 aliphatic heterocycles. The maximum absolute atomic E-state index is 10.9. The Hall–Kier alpha value is -0.860. The van der Waals surface area contributed by atoms with E-state index < -0.39 is 0 Å². The molecular weight excluding hydrogens is 246 g/mol. The SMILES string of the molecule is Cc1ccccc1CC(O)C1(N(C)C)CCC(C)CC1. The highest BCUT2D eigenvalue weighted by Gasteiger charge is 2.42. The maximum atomic E-state index is 10.9. The predicted molar refractivity (Wildman–Crippen MR) is 84.9 cm³/mol. The first-order valence-electron chi connectivity index (χ1n) is 7.86. The van der Waals surface area contributed by atoms with Gasteiger partial charge in [-0.05, 0) is 63.7 Å². The molecule has 0 radical (unpaired) electrons. The van der Waals surface area contributed by atoms with Crippen LogP contribution in [-0.4, -0.2) is 35.7 Å². The van der Waals surface area contributed by atoms with Crippen LogP contribution in [0.25, 0.3) is 0 Å². The lowest BCUT2D eigenvalue weighted by atomic mass is 9.71. The van der Waals surface area contributed by atoms with Gasteiger partial charge < -0.3 is 10.0 Å². The lowest BCUT2D eigenvalue weighted by molar-refractivity contribution is -0.0382. The van der Waals surface area contributed by atoms with Gasteiger partial charge in [0.25, 0.3) is 0 Å². The van der Waals surface area contributed by atoms with Crippen molar-refractivity contribution in [3.05, 3.63) is 35.4 Å². The number of hydrogen-bond acceptors (Lipinski definition) is 2. The molecule has 0 spiro atoms. The van der Waals surface area contributed by atoms with E-state index in [9.17, 15) is 5.11 Å². The molecule has 20 heavy (non-hydrogen) atoms. The Labute approximate surface area is 123 Å². The summed E-state index contributed by atoms with van der Waals surface area (Å²) in [5.74, 6) is 0.800. The van der Waals surface area contributed by atoms with Crippen LogP contribution in [0, 0.1) is 12.8 Å². The molecule has 1 fully saturated rings. The molecule has 2 heteroatoms. The van der Waals surface area contributed by atoms with Crippen molar-refractivity contribution in [2.45, 2.75) is 57.6 Å². The van der Waals surface area contributed by atoms with Crippen LogP contribution in [0.2, 0.25) is 0 Å². The Balaban J connectivity index is 2.16. The summed E-state index contributed by atoms with van der Waals surface area (Å²) in [6.07, 6.45) is 5.14. The molecule has 2 nitrogen and oxygen atoms in total. The van der Waals surface area contributed by atoms with Crippen molar-refractivity contribution < 1.29 is 5.11 Å². The molecule has 0 aromatic heterocycles. The monoisotopic (exact) mass is 275 g/mol. The molecule has 1 aromatic carbocycles. The minimum atomic E-state index is -0.286. The van der Waals surface area contributed by atoms with Gasteiger partial charge in [-0.25, -0.2) is 0 Å². The predicted octanol–water partition coefficient (Wildman–Crippen LogP) is 3.41. The highest BCUT2D eigenvalue weighted by Crippen LogP contribution is 2.38. The molecule has 0 saturated heterocycles. The summed E-state index contributed by atoms with van der Waals surface area (Å²) in [7, 11) is 4.24. The van der Waals surface area contributed by atoms with Gasteiger partial charge in [0, 0.05) is 12.0 Å². The molecule has 1 aromatic rings. The van der Waals surface area contributed by atoms with Crippen molar-refractivity contribution >= 4 is 0 Å². The van der Waals surface area contributed by atoms with Gasteiger partial charge in [0.2, 0.25) is 0 Å². The number of hydrogen-bond donors (Lipinski definition) is 1. The van der Waals surface area contributed by atoms with Crippen molar-refractivity contribution in [1.29, 1.82) is 0 Å². The lowest BCUT2D eigenvalue weighted by Crippen LogP contribution is -2.56. The van der Waals surface area contributed by atoms with E-state index in [1.807, 2.05) is 0 Å². The number of aliphatic hydroxyl groups is 1. The lowest BCUT2D eigenvalue weighted by Gasteiger charge is -2.48. The summed E-state index contributed by atoms with van der Waals surface area (Å²) in [4.78, 5) is 2.27. The van der Waals surface area contributed by atoms with E-state index in [2.05, 4.69) is 57.1 Å². The Morgan fingerprint density at radius 2 is 1.85 bits per heavy atom. The number of aliphatic hydroxyl groups excluding tert-OH is 1. The van der Waals surface area contributed by atoms with E-state index in [4.69, 9.17) is 0 Å². The number of likely N-dealkylation sites (N-methyl/N-ethyl adjacent to an activating group) is 1. The molecule has 1 aliphatic rings. The van der Waals surface area contributed by atoms with Gasteiger partial charge in [-0.2, -0.15) is 0 Å². The molecule has 112 valence electrons.